The molecule has 4 atom stereocenters. The summed E-state index contributed by atoms with van der Waals surface area (Å²) in [5.41, 5.74) is 6.27. The summed E-state index contributed by atoms with van der Waals surface area (Å²) >= 11 is 0. The van der Waals surface area contributed by atoms with E-state index in [-0.39, 0.29) is 0 Å². The van der Waals surface area contributed by atoms with Gasteiger partial charge in [-0.3, -0.25) is 4.90 Å². The molecule has 1 heterocycles. The van der Waals surface area contributed by atoms with Gasteiger partial charge in [0, 0.05) is 25.2 Å². The molecule has 1 aliphatic heterocycles. The van der Waals surface area contributed by atoms with E-state index in [0.29, 0.717) is 6.04 Å². The van der Waals surface area contributed by atoms with Crippen molar-refractivity contribution in [2.45, 2.75) is 50.6 Å². The molecule has 1 saturated heterocycles. The number of likely N-dealkylation sites (tertiary alicyclic amines) is 1. The zero-order valence-electron chi connectivity index (χ0n) is 10.1. The second-order valence-electron chi connectivity index (χ2n) is 5.90. The van der Waals surface area contributed by atoms with E-state index in [1.165, 1.54) is 51.6 Å². The maximum atomic E-state index is 6.27. The Kier molecular flexibility index (Phi) is 3.03. The highest BCUT2D eigenvalue weighted by molar-refractivity contribution is 5.03. The molecule has 2 N–H and O–H groups in total. The van der Waals surface area contributed by atoms with Crippen LogP contribution in [0.15, 0.2) is 12.2 Å². The van der Waals surface area contributed by atoms with Crippen LogP contribution in [0.5, 0.6) is 0 Å². The molecule has 0 bridgehead atoms. The van der Waals surface area contributed by atoms with E-state index in [9.17, 15) is 0 Å². The minimum atomic E-state index is 0.483. The van der Waals surface area contributed by atoms with Crippen molar-refractivity contribution < 1.29 is 0 Å². The fourth-order valence-electron chi connectivity index (χ4n) is 3.92. The first kappa shape index (κ1) is 10.8. The number of hydrogen-bond donors (Lipinski definition) is 1. The number of hydrogen-bond acceptors (Lipinski definition) is 2. The van der Waals surface area contributed by atoms with Crippen LogP contribution in [-0.2, 0) is 0 Å². The first-order valence-electron chi connectivity index (χ1n) is 7.01. The molecule has 1 saturated carbocycles. The number of rotatable bonds is 1. The highest BCUT2D eigenvalue weighted by Crippen LogP contribution is 2.37. The van der Waals surface area contributed by atoms with Crippen LogP contribution in [0.25, 0.3) is 0 Å². The molecule has 2 heteroatoms. The predicted molar refractivity (Wildman–Crippen MR) is 67.2 cm³/mol. The van der Waals surface area contributed by atoms with Gasteiger partial charge < -0.3 is 5.73 Å². The zero-order valence-corrected chi connectivity index (χ0v) is 10.1. The first-order chi connectivity index (χ1) is 7.84. The Morgan fingerprint density at radius 2 is 2.00 bits per heavy atom. The minimum absolute atomic E-state index is 0.483. The highest BCUT2D eigenvalue weighted by atomic mass is 15.2. The normalized spacial score (nSPS) is 44.6. The molecular weight excluding hydrogens is 196 g/mol. The number of fused-ring (bicyclic) bond motifs is 1. The van der Waals surface area contributed by atoms with E-state index in [4.69, 9.17) is 5.73 Å². The third-order valence-electron chi connectivity index (χ3n) is 4.88. The molecule has 0 radical (unpaired) electrons. The van der Waals surface area contributed by atoms with Gasteiger partial charge in [0.25, 0.3) is 0 Å². The summed E-state index contributed by atoms with van der Waals surface area (Å²) < 4.78 is 0. The van der Waals surface area contributed by atoms with Crippen molar-refractivity contribution in [3.05, 3.63) is 12.2 Å². The average Bonchev–Trinajstić information content (AvgIpc) is 2.76. The van der Waals surface area contributed by atoms with Crippen molar-refractivity contribution in [1.82, 2.24) is 4.90 Å². The van der Waals surface area contributed by atoms with Crippen molar-refractivity contribution in [3.63, 3.8) is 0 Å². The maximum absolute atomic E-state index is 6.27. The van der Waals surface area contributed by atoms with E-state index in [1.807, 2.05) is 0 Å². The number of allylic oxidation sites excluding steroid dienone is 1. The van der Waals surface area contributed by atoms with E-state index in [1.54, 1.807) is 0 Å². The molecule has 0 spiro atoms. The molecular formula is C14H24N2. The van der Waals surface area contributed by atoms with Crippen LogP contribution < -0.4 is 5.73 Å². The van der Waals surface area contributed by atoms with E-state index >= 15 is 0 Å². The first-order valence-corrected chi connectivity index (χ1v) is 7.01. The van der Waals surface area contributed by atoms with Crippen LogP contribution in [-0.4, -0.2) is 30.1 Å². The molecule has 16 heavy (non-hydrogen) atoms. The van der Waals surface area contributed by atoms with Gasteiger partial charge in [0.05, 0.1) is 0 Å². The highest BCUT2D eigenvalue weighted by Gasteiger charge is 2.40. The Balaban J connectivity index is 1.66. The molecule has 2 fully saturated rings. The third-order valence-corrected chi connectivity index (χ3v) is 4.88. The van der Waals surface area contributed by atoms with Crippen molar-refractivity contribution >= 4 is 0 Å². The summed E-state index contributed by atoms with van der Waals surface area (Å²) in [6.07, 6.45) is 12.9. The van der Waals surface area contributed by atoms with Crippen molar-refractivity contribution in [3.8, 4) is 0 Å². The summed E-state index contributed by atoms with van der Waals surface area (Å²) in [6.45, 7) is 2.58. The molecule has 3 aliphatic rings. The Morgan fingerprint density at radius 1 is 1.06 bits per heavy atom. The Bertz CT molecular complexity index is 274. The van der Waals surface area contributed by atoms with E-state index < -0.39 is 0 Å². The topological polar surface area (TPSA) is 29.3 Å². The van der Waals surface area contributed by atoms with Crippen LogP contribution >= 0.6 is 0 Å². The molecule has 90 valence electrons. The molecule has 0 aromatic rings. The summed E-state index contributed by atoms with van der Waals surface area (Å²) in [5.74, 6) is 1.70. The van der Waals surface area contributed by atoms with Gasteiger partial charge in [0.2, 0.25) is 0 Å². The second kappa shape index (κ2) is 4.50. The lowest BCUT2D eigenvalue weighted by atomic mass is 9.78. The number of nitrogens with two attached hydrogens (primary N) is 1. The van der Waals surface area contributed by atoms with Gasteiger partial charge in [-0.25, -0.2) is 0 Å². The van der Waals surface area contributed by atoms with Gasteiger partial charge in [-0.15, -0.1) is 0 Å². The lowest BCUT2D eigenvalue weighted by Crippen LogP contribution is -2.39. The maximum Gasteiger partial charge on any atom is 0.0278 e. The standard InChI is InChI=1S/C14H24N2/c15-14-8-4-5-11-9-16(10-13(11)14)12-6-2-1-3-7-12/h2,6,11-14H,1,3-5,7-10,15H2. The summed E-state index contributed by atoms with van der Waals surface area (Å²) in [4.78, 5) is 2.70. The number of nitrogens with zero attached hydrogens (tertiary/aromatic N) is 1. The van der Waals surface area contributed by atoms with Gasteiger partial charge >= 0.3 is 0 Å². The SMILES string of the molecule is NC1CCCC2CN(C3C=CCCC3)CC12. The van der Waals surface area contributed by atoms with Crippen LogP contribution in [0.2, 0.25) is 0 Å². The van der Waals surface area contributed by atoms with Crippen LogP contribution in [0.1, 0.15) is 38.5 Å². The van der Waals surface area contributed by atoms with Crippen LogP contribution in [0.4, 0.5) is 0 Å². The van der Waals surface area contributed by atoms with Crippen molar-refractivity contribution in [2.75, 3.05) is 13.1 Å². The van der Waals surface area contributed by atoms with Gasteiger partial charge in [-0.05, 0) is 43.9 Å². The minimum Gasteiger partial charge on any atom is -0.327 e. The molecule has 2 nitrogen and oxygen atoms in total. The van der Waals surface area contributed by atoms with Crippen molar-refractivity contribution in [2.24, 2.45) is 17.6 Å². The molecule has 2 aliphatic carbocycles. The monoisotopic (exact) mass is 220 g/mol. The summed E-state index contributed by atoms with van der Waals surface area (Å²) in [6, 6.07) is 1.21. The Morgan fingerprint density at radius 3 is 2.75 bits per heavy atom. The zero-order chi connectivity index (χ0) is 11.0. The molecule has 4 unspecified atom stereocenters. The van der Waals surface area contributed by atoms with Crippen LogP contribution in [0, 0.1) is 11.8 Å². The lowest BCUT2D eigenvalue weighted by molar-refractivity contribution is 0.246. The fourth-order valence-corrected chi connectivity index (χ4v) is 3.92. The average molecular weight is 220 g/mol. The van der Waals surface area contributed by atoms with Gasteiger partial charge in [-0.1, -0.05) is 18.6 Å². The Hall–Kier alpha value is -0.340. The van der Waals surface area contributed by atoms with Gasteiger partial charge in [0.1, 0.15) is 0 Å². The van der Waals surface area contributed by atoms with E-state index in [0.717, 1.165) is 17.9 Å². The molecule has 0 aromatic heterocycles. The summed E-state index contributed by atoms with van der Waals surface area (Å²) in [7, 11) is 0. The van der Waals surface area contributed by atoms with Gasteiger partial charge in [0.15, 0.2) is 0 Å². The molecule has 0 aromatic carbocycles. The third kappa shape index (κ3) is 1.93. The summed E-state index contributed by atoms with van der Waals surface area (Å²) in [5, 5.41) is 0. The Labute approximate surface area is 98.9 Å². The molecule has 0 amide bonds. The van der Waals surface area contributed by atoms with Crippen LogP contribution in [0.3, 0.4) is 0 Å². The quantitative estimate of drug-likeness (QED) is 0.686. The molecule has 3 rings (SSSR count). The predicted octanol–water partition coefficient (Wildman–Crippen LogP) is 2.15. The lowest BCUT2D eigenvalue weighted by Gasteiger charge is -2.30. The fraction of sp³-hybridized carbons (Fsp3) is 0.857. The van der Waals surface area contributed by atoms with E-state index in [2.05, 4.69) is 17.1 Å². The largest absolute Gasteiger partial charge is 0.327 e. The second-order valence-corrected chi connectivity index (χ2v) is 5.90. The smallest absolute Gasteiger partial charge is 0.0278 e. The van der Waals surface area contributed by atoms with Gasteiger partial charge in [-0.2, -0.15) is 0 Å². The van der Waals surface area contributed by atoms with Crippen molar-refractivity contribution in [1.29, 1.82) is 0 Å².